The first-order valence-electron chi connectivity index (χ1n) is 7.90. The van der Waals surface area contributed by atoms with E-state index in [0.29, 0.717) is 17.2 Å². The monoisotopic (exact) mass is 461 g/mol. The lowest BCUT2D eigenvalue weighted by atomic mass is 10.1. The minimum atomic E-state index is -3.74. The van der Waals surface area contributed by atoms with E-state index < -0.39 is 10.0 Å². The molecule has 3 aromatic rings. The Morgan fingerprint density at radius 1 is 1.15 bits per heavy atom. The number of anilines is 1. The van der Waals surface area contributed by atoms with Gasteiger partial charge in [-0.05, 0) is 30.3 Å². The Kier molecular flexibility index (Phi) is 6.00. The molecule has 0 aliphatic rings. The number of halogens is 1. The Balaban J connectivity index is 2.13. The molecular weight excluding hydrogens is 446 g/mol. The van der Waals surface area contributed by atoms with Crippen molar-refractivity contribution in [3.8, 4) is 18.1 Å². The van der Waals surface area contributed by atoms with Crippen LogP contribution in [0.3, 0.4) is 0 Å². The van der Waals surface area contributed by atoms with Gasteiger partial charge in [-0.25, -0.2) is 8.42 Å². The van der Waals surface area contributed by atoms with Gasteiger partial charge >= 0.3 is 0 Å². The summed E-state index contributed by atoms with van der Waals surface area (Å²) in [7, 11) is -2.15. The van der Waals surface area contributed by atoms with Crippen molar-refractivity contribution in [2.24, 2.45) is 0 Å². The lowest BCUT2D eigenvalue weighted by Gasteiger charge is -2.16. The summed E-state index contributed by atoms with van der Waals surface area (Å²) in [6.45, 7) is 0. The first-order valence-corrected chi connectivity index (χ1v) is 11.2. The summed E-state index contributed by atoms with van der Waals surface area (Å²) >= 11 is 4.74. The van der Waals surface area contributed by atoms with Gasteiger partial charge in [0.2, 0.25) is 0 Å². The van der Waals surface area contributed by atoms with Crippen LogP contribution in [0.5, 0.6) is 5.75 Å². The number of nitrogens with one attached hydrogen (secondary N) is 1. The maximum atomic E-state index is 12.8. The van der Waals surface area contributed by atoms with E-state index in [1.807, 2.05) is 24.3 Å². The van der Waals surface area contributed by atoms with Crippen molar-refractivity contribution in [1.29, 1.82) is 0 Å². The van der Waals surface area contributed by atoms with Gasteiger partial charge in [0.1, 0.15) is 5.75 Å². The van der Waals surface area contributed by atoms with Gasteiger partial charge in [0.05, 0.1) is 28.3 Å². The van der Waals surface area contributed by atoms with Crippen molar-refractivity contribution in [2.75, 3.05) is 17.6 Å². The zero-order valence-corrected chi connectivity index (χ0v) is 17.6. The number of rotatable bonds is 6. The fourth-order valence-electron chi connectivity index (χ4n) is 2.66. The van der Waals surface area contributed by atoms with Crippen molar-refractivity contribution >= 4 is 54.2 Å². The van der Waals surface area contributed by atoms with Crippen molar-refractivity contribution in [3.05, 3.63) is 59.1 Å². The number of benzene rings is 3. The second kappa shape index (κ2) is 8.26. The van der Waals surface area contributed by atoms with E-state index in [1.54, 1.807) is 37.4 Å². The summed E-state index contributed by atoms with van der Waals surface area (Å²) < 4.78 is 34.8. The molecule has 3 aromatic carbocycles. The standard InChI is InChI=1S/C20H16BrNO3S2/c1-3-12-26-19-13-18(16-6-4-5-7-17(16)20(19)25-2)22-27(23,24)15-10-8-14(21)9-11-15/h1,4-11,13,22H,12H2,2H3. The minimum absolute atomic E-state index is 0.184. The molecule has 0 bridgehead atoms. The summed E-state index contributed by atoms with van der Waals surface area (Å²) in [5, 5.41) is 1.57. The van der Waals surface area contributed by atoms with Crippen LogP contribution in [-0.4, -0.2) is 21.3 Å². The molecular formula is C20H16BrNO3S2. The maximum Gasteiger partial charge on any atom is 0.261 e. The molecule has 0 saturated heterocycles. The number of thioether (sulfide) groups is 1. The van der Waals surface area contributed by atoms with E-state index in [9.17, 15) is 8.42 Å². The fraction of sp³-hybridized carbons (Fsp3) is 0.100. The van der Waals surface area contributed by atoms with Crippen LogP contribution in [0.15, 0.2) is 68.9 Å². The predicted molar refractivity (Wildman–Crippen MR) is 115 cm³/mol. The molecule has 0 fully saturated rings. The zero-order valence-electron chi connectivity index (χ0n) is 14.4. The Hall–Kier alpha value is -2.14. The third kappa shape index (κ3) is 4.24. The van der Waals surface area contributed by atoms with Crippen molar-refractivity contribution in [3.63, 3.8) is 0 Å². The first-order chi connectivity index (χ1) is 13.0. The van der Waals surface area contributed by atoms with Crippen LogP contribution in [0.1, 0.15) is 0 Å². The molecule has 1 N–H and O–H groups in total. The highest BCUT2D eigenvalue weighted by molar-refractivity contribution is 9.10. The molecule has 138 valence electrons. The van der Waals surface area contributed by atoms with Crippen LogP contribution in [0.4, 0.5) is 5.69 Å². The SMILES string of the molecule is C#CCSc1cc(NS(=O)(=O)c2ccc(Br)cc2)c2ccccc2c1OC. The van der Waals surface area contributed by atoms with Gasteiger partial charge in [-0.2, -0.15) is 0 Å². The number of ether oxygens (including phenoxy) is 1. The molecule has 0 aromatic heterocycles. The summed E-state index contributed by atoms with van der Waals surface area (Å²) in [5.41, 5.74) is 0.480. The van der Waals surface area contributed by atoms with Gasteiger partial charge in [0.15, 0.2) is 0 Å². The van der Waals surface area contributed by atoms with Crippen molar-refractivity contribution < 1.29 is 13.2 Å². The molecule has 0 saturated carbocycles. The Morgan fingerprint density at radius 3 is 2.44 bits per heavy atom. The molecule has 3 rings (SSSR count). The van der Waals surface area contributed by atoms with E-state index in [0.717, 1.165) is 20.1 Å². The highest BCUT2D eigenvalue weighted by Crippen LogP contribution is 2.41. The largest absolute Gasteiger partial charge is 0.495 e. The number of terminal acetylenes is 1. The predicted octanol–water partition coefficient (Wildman–Crippen LogP) is 5.14. The second-order valence-electron chi connectivity index (χ2n) is 5.55. The molecule has 0 radical (unpaired) electrons. The summed E-state index contributed by atoms with van der Waals surface area (Å²) in [6.07, 6.45) is 5.38. The van der Waals surface area contributed by atoms with Gasteiger partial charge in [-0.15, -0.1) is 18.2 Å². The molecule has 0 unspecified atom stereocenters. The summed E-state index contributed by atoms with van der Waals surface area (Å²) in [5.74, 6) is 3.71. The number of hydrogen-bond donors (Lipinski definition) is 1. The van der Waals surface area contributed by atoms with Gasteiger partial charge in [-0.1, -0.05) is 46.1 Å². The van der Waals surface area contributed by atoms with E-state index in [4.69, 9.17) is 11.2 Å². The number of fused-ring (bicyclic) bond motifs is 1. The molecule has 0 spiro atoms. The van der Waals surface area contributed by atoms with Crippen LogP contribution in [0.2, 0.25) is 0 Å². The molecule has 7 heteroatoms. The molecule has 0 atom stereocenters. The van der Waals surface area contributed by atoms with E-state index in [-0.39, 0.29) is 4.90 Å². The lowest BCUT2D eigenvalue weighted by molar-refractivity contribution is 0.410. The number of hydrogen-bond acceptors (Lipinski definition) is 4. The smallest absolute Gasteiger partial charge is 0.261 e. The van der Waals surface area contributed by atoms with Gasteiger partial charge < -0.3 is 4.74 Å². The normalized spacial score (nSPS) is 11.1. The zero-order chi connectivity index (χ0) is 19.4. The van der Waals surface area contributed by atoms with Crippen LogP contribution in [0, 0.1) is 12.3 Å². The Bertz CT molecular complexity index is 1120. The van der Waals surface area contributed by atoms with Gasteiger partial charge in [0, 0.05) is 15.2 Å². The van der Waals surface area contributed by atoms with E-state index >= 15 is 0 Å². The van der Waals surface area contributed by atoms with Crippen LogP contribution in [-0.2, 0) is 10.0 Å². The molecule has 27 heavy (non-hydrogen) atoms. The average Bonchev–Trinajstić information content (AvgIpc) is 2.66. The van der Waals surface area contributed by atoms with Crippen LogP contribution >= 0.6 is 27.7 Å². The number of methoxy groups -OCH3 is 1. The van der Waals surface area contributed by atoms with Crippen molar-refractivity contribution in [2.45, 2.75) is 9.79 Å². The molecule has 4 nitrogen and oxygen atoms in total. The third-order valence-corrected chi connectivity index (χ3v) is 6.68. The van der Waals surface area contributed by atoms with E-state index in [2.05, 4.69) is 26.6 Å². The number of sulfonamides is 1. The van der Waals surface area contributed by atoms with Gasteiger partial charge in [-0.3, -0.25) is 4.72 Å². The van der Waals surface area contributed by atoms with Crippen LogP contribution < -0.4 is 9.46 Å². The van der Waals surface area contributed by atoms with E-state index in [1.165, 1.54) is 11.8 Å². The Morgan fingerprint density at radius 2 is 1.81 bits per heavy atom. The Labute approximate surface area is 171 Å². The highest BCUT2D eigenvalue weighted by atomic mass is 79.9. The molecule has 0 aliphatic heterocycles. The molecule has 0 aliphatic carbocycles. The highest BCUT2D eigenvalue weighted by Gasteiger charge is 2.19. The molecule has 0 heterocycles. The maximum absolute atomic E-state index is 12.8. The minimum Gasteiger partial charge on any atom is -0.495 e. The first kappa shape index (κ1) is 19.6. The summed E-state index contributed by atoms with van der Waals surface area (Å²) in [4.78, 5) is 0.964. The summed E-state index contributed by atoms with van der Waals surface area (Å²) in [6, 6.07) is 15.7. The second-order valence-corrected chi connectivity index (χ2v) is 9.17. The molecule has 0 amide bonds. The lowest BCUT2D eigenvalue weighted by Crippen LogP contribution is -2.13. The fourth-order valence-corrected chi connectivity index (χ4v) is 4.76. The van der Waals surface area contributed by atoms with Crippen molar-refractivity contribution in [1.82, 2.24) is 0 Å². The van der Waals surface area contributed by atoms with Crippen LogP contribution in [0.25, 0.3) is 10.8 Å². The topological polar surface area (TPSA) is 55.4 Å². The quantitative estimate of drug-likeness (QED) is 0.407. The van der Waals surface area contributed by atoms with Gasteiger partial charge in [0.25, 0.3) is 10.0 Å². The average molecular weight is 462 g/mol. The third-order valence-electron chi connectivity index (χ3n) is 3.84.